The van der Waals surface area contributed by atoms with Crippen molar-refractivity contribution in [2.45, 2.75) is 32.2 Å². The van der Waals surface area contributed by atoms with Crippen LogP contribution in [0, 0.1) is 12.8 Å². The van der Waals surface area contributed by atoms with E-state index < -0.39 is 12.0 Å². The Balaban J connectivity index is 2.30. The Morgan fingerprint density at radius 1 is 1.53 bits per heavy atom. The van der Waals surface area contributed by atoms with Crippen LogP contribution in [-0.4, -0.2) is 44.0 Å². The van der Waals surface area contributed by atoms with Crippen molar-refractivity contribution in [3.63, 3.8) is 0 Å². The summed E-state index contributed by atoms with van der Waals surface area (Å²) in [5.41, 5.74) is 0. The number of carbonyl (C=O) groups is 2. The predicted molar refractivity (Wildman–Crippen MR) is 75.5 cm³/mol. The first-order chi connectivity index (χ1) is 8.91. The minimum absolute atomic E-state index is 0.0870. The summed E-state index contributed by atoms with van der Waals surface area (Å²) in [5.74, 6) is -0.499. The van der Waals surface area contributed by atoms with Crippen molar-refractivity contribution in [3.8, 4) is 0 Å². The Morgan fingerprint density at radius 2 is 2.21 bits per heavy atom. The highest BCUT2D eigenvalue weighted by Crippen LogP contribution is 2.35. The number of carbonyl (C=O) groups excluding carboxylic acids is 1. The molecule has 1 aliphatic rings. The third-order valence-electron chi connectivity index (χ3n) is 2.96. The van der Waals surface area contributed by atoms with Gasteiger partial charge in [-0.15, -0.1) is 23.1 Å². The number of hydrogen-bond acceptors (Lipinski definition) is 5. The summed E-state index contributed by atoms with van der Waals surface area (Å²) in [6.45, 7) is 5.83. The lowest BCUT2D eigenvalue weighted by Gasteiger charge is -2.29. The van der Waals surface area contributed by atoms with Crippen LogP contribution in [0.5, 0.6) is 0 Å². The Hall–Kier alpha value is -1.08. The summed E-state index contributed by atoms with van der Waals surface area (Å²) >= 11 is 2.84. The maximum absolute atomic E-state index is 12.5. The van der Waals surface area contributed by atoms with Crippen molar-refractivity contribution in [2.75, 3.05) is 5.75 Å². The molecule has 1 saturated heterocycles. The topological polar surface area (TPSA) is 70.5 Å². The van der Waals surface area contributed by atoms with Crippen LogP contribution in [-0.2, 0) is 4.79 Å². The number of nitrogens with zero attached hydrogens (tertiary/aromatic N) is 2. The van der Waals surface area contributed by atoms with E-state index in [2.05, 4.69) is 4.98 Å². The molecule has 7 heteroatoms. The summed E-state index contributed by atoms with van der Waals surface area (Å²) < 4.78 is 0. The number of aromatic nitrogens is 1. The lowest BCUT2D eigenvalue weighted by atomic mass is 10.1. The zero-order chi connectivity index (χ0) is 14.2. The fraction of sp³-hybridized carbons (Fsp3) is 0.583. The molecule has 0 spiro atoms. The highest BCUT2D eigenvalue weighted by Gasteiger charge is 2.43. The molecule has 0 bridgehead atoms. The van der Waals surface area contributed by atoms with Gasteiger partial charge in [0, 0.05) is 5.75 Å². The summed E-state index contributed by atoms with van der Waals surface area (Å²) in [7, 11) is 0. The summed E-state index contributed by atoms with van der Waals surface area (Å²) in [6.07, 6.45) is 1.53. The van der Waals surface area contributed by atoms with Crippen molar-refractivity contribution < 1.29 is 14.7 Å². The molecule has 1 aromatic rings. The van der Waals surface area contributed by atoms with E-state index in [1.165, 1.54) is 34.2 Å². The van der Waals surface area contributed by atoms with Crippen LogP contribution in [0.4, 0.5) is 0 Å². The maximum Gasteiger partial charge on any atom is 0.327 e. The molecule has 1 amide bonds. The zero-order valence-corrected chi connectivity index (χ0v) is 12.6. The van der Waals surface area contributed by atoms with Gasteiger partial charge in [-0.1, -0.05) is 13.8 Å². The van der Waals surface area contributed by atoms with Gasteiger partial charge in [-0.2, -0.15) is 0 Å². The fourth-order valence-electron chi connectivity index (χ4n) is 2.08. The van der Waals surface area contributed by atoms with Gasteiger partial charge in [0.15, 0.2) is 0 Å². The van der Waals surface area contributed by atoms with Crippen LogP contribution in [0.25, 0.3) is 0 Å². The Morgan fingerprint density at radius 3 is 2.68 bits per heavy atom. The smallest absolute Gasteiger partial charge is 0.327 e. The van der Waals surface area contributed by atoms with E-state index in [4.69, 9.17) is 0 Å². The van der Waals surface area contributed by atoms with Gasteiger partial charge in [0.05, 0.1) is 16.6 Å². The second kappa shape index (κ2) is 5.50. The van der Waals surface area contributed by atoms with Crippen molar-refractivity contribution in [1.82, 2.24) is 9.88 Å². The summed E-state index contributed by atoms with van der Waals surface area (Å²) in [5, 5.41) is 9.99. The molecule has 1 aromatic heterocycles. The van der Waals surface area contributed by atoms with Crippen LogP contribution >= 0.6 is 23.1 Å². The number of thiazole rings is 1. The molecule has 2 unspecified atom stereocenters. The highest BCUT2D eigenvalue weighted by atomic mass is 32.2. The molecule has 0 aliphatic carbocycles. The van der Waals surface area contributed by atoms with E-state index in [0.717, 1.165) is 5.01 Å². The fourth-order valence-corrected chi connectivity index (χ4v) is 4.27. The van der Waals surface area contributed by atoms with Gasteiger partial charge in [0.1, 0.15) is 10.9 Å². The second-order valence-corrected chi connectivity index (χ2v) is 7.16. The van der Waals surface area contributed by atoms with Gasteiger partial charge in [-0.3, -0.25) is 4.79 Å². The lowest BCUT2D eigenvalue weighted by Crippen LogP contribution is -2.46. The van der Waals surface area contributed by atoms with Crippen molar-refractivity contribution in [3.05, 3.63) is 16.1 Å². The van der Waals surface area contributed by atoms with Crippen molar-refractivity contribution in [1.29, 1.82) is 0 Å². The SMILES string of the molecule is Cc1ncc(C(=O)N2C(C(=O)O)CSC2C(C)C)s1. The van der Waals surface area contributed by atoms with Crippen molar-refractivity contribution >= 4 is 35.0 Å². The summed E-state index contributed by atoms with van der Waals surface area (Å²) in [6, 6.07) is -0.743. The molecular weight excluding hydrogens is 284 g/mol. The lowest BCUT2D eigenvalue weighted by molar-refractivity contribution is -0.141. The summed E-state index contributed by atoms with van der Waals surface area (Å²) in [4.78, 5) is 29.9. The van der Waals surface area contributed by atoms with E-state index >= 15 is 0 Å². The van der Waals surface area contributed by atoms with Crippen LogP contribution in [0.2, 0.25) is 0 Å². The molecule has 2 atom stereocenters. The van der Waals surface area contributed by atoms with Gasteiger partial charge >= 0.3 is 5.97 Å². The normalized spacial score (nSPS) is 23.1. The van der Waals surface area contributed by atoms with E-state index in [9.17, 15) is 14.7 Å². The number of aliphatic carboxylic acids is 1. The van der Waals surface area contributed by atoms with Crippen LogP contribution in [0.15, 0.2) is 6.20 Å². The third-order valence-corrected chi connectivity index (χ3v) is 5.48. The van der Waals surface area contributed by atoms with E-state index in [1.54, 1.807) is 0 Å². The van der Waals surface area contributed by atoms with Gasteiger partial charge < -0.3 is 10.0 Å². The van der Waals surface area contributed by atoms with E-state index in [-0.39, 0.29) is 17.2 Å². The standard InChI is InChI=1S/C12H16N2O3S2/c1-6(2)11-14(8(5-18-11)12(16)17)10(15)9-4-13-7(3)19-9/h4,6,8,11H,5H2,1-3H3,(H,16,17). The molecule has 0 saturated carbocycles. The first-order valence-corrected chi connectivity index (χ1v) is 7.88. The molecule has 0 aromatic carbocycles. The molecule has 19 heavy (non-hydrogen) atoms. The first-order valence-electron chi connectivity index (χ1n) is 6.01. The third kappa shape index (κ3) is 2.76. The average Bonchev–Trinajstić information content (AvgIpc) is 2.93. The molecule has 2 rings (SSSR count). The maximum atomic E-state index is 12.5. The molecule has 1 fully saturated rings. The van der Waals surface area contributed by atoms with E-state index in [0.29, 0.717) is 10.6 Å². The highest BCUT2D eigenvalue weighted by molar-refractivity contribution is 8.00. The molecule has 2 heterocycles. The number of aryl methyl sites for hydroxylation is 1. The second-order valence-electron chi connectivity index (χ2n) is 4.78. The molecule has 104 valence electrons. The van der Waals surface area contributed by atoms with Crippen molar-refractivity contribution in [2.24, 2.45) is 5.92 Å². The number of hydrogen-bond donors (Lipinski definition) is 1. The molecule has 0 radical (unpaired) electrons. The molecule has 1 aliphatic heterocycles. The van der Waals surface area contributed by atoms with Crippen LogP contribution in [0.1, 0.15) is 28.5 Å². The van der Waals surface area contributed by atoms with Gasteiger partial charge in [0.2, 0.25) is 0 Å². The molecule has 1 N–H and O–H groups in total. The number of carboxylic acid groups (broad SMARTS) is 1. The number of rotatable bonds is 3. The molecule has 5 nitrogen and oxygen atoms in total. The number of amides is 1. The Labute approximate surface area is 120 Å². The minimum Gasteiger partial charge on any atom is -0.480 e. The monoisotopic (exact) mass is 300 g/mol. The average molecular weight is 300 g/mol. The van der Waals surface area contributed by atoms with Gasteiger partial charge in [-0.25, -0.2) is 9.78 Å². The molecular formula is C12H16N2O3S2. The van der Waals surface area contributed by atoms with Crippen LogP contribution in [0.3, 0.4) is 0 Å². The minimum atomic E-state index is -0.940. The zero-order valence-electron chi connectivity index (χ0n) is 11.0. The quantitative estimate of drug-likeness (QED) is 0.925. The Bertz CT molecular complexity index is 501. The number of carboxylic acids is 1. The number of thioether (sulfide) groups is 1. The van der Waals surface area contributed by atoms with E-state index in [1.807, 2.05) is 20.8 Å². The Kier molecular flexibility index (Phi) is 4.15. The predicted octanol–water partition coefficient (Wildman–Crippen LogP) is 2.08. The van der Waals surface area contributed by atoms with Crippen LogP contribution < -0.4 is 0 Å². The largest absolute Gasteiger partial charge is 0.480 e. The van der Waals surface area contributed by atoms with Gasteiger partial charge in [0.25, 0.3) is 5.91 Å². The van der Waals surface area contributed by atoms with Gasteiger partial charge in [-0.05, 0) is 12.8 Å². The first kappa shape index (κ1) is 14.3.